The number of ether oxygens (including phenoxy) is 2. The molecule has 8 heteroatoms. The van der Waals surface area contributed by atoms with Crippen molar-refractivity contribution in [2.24, 2.45) is 5.92 Å². The van der Waals surface area contributed by atoms with Gasteiger partial charge in [-0.1, -0.05) is 57.6 Å². The van der Waals surface area contributed by atoms with Crippen LogP contribution in [0.4, 0.5) is 4.79 Å². The van der Waals surface area contributed by atoms with Crippen LogP contribution in [-0.4, -0.2) is 66.4 Å². The number of allylic oxidation sites excluding steroid dienone is 2. The second-order valence-corrected chi connectivity index (χ2v) is 9.61. The van der Waals surface area contributed by atoms with Gasteiger partial charge in [-0.25, -0.2) is 4.79 Å². The molecule has 0 bridgehead atoms. The summed E-state index contributed by atoms with van der Waals surface area (Å²) in [6.45, 7) is 7.20. The lowest BCUT2D eigenvalue weighted by molar-refractivity contribution is -0.163. The van der Waals surface area contributed by atoms with E-state index in [4.69, 9.17) is 14.6 Å². The molecule has 196 valence electrons. The van der Waals surface area contributed by atoms with Crippen molar-refractivity contribution >= 4 is 18.0 Å². The first-order valence-corrected chi connectivity index (χ1v) is 13.0. The number of carbonyl (C=O) groups excluding carboxylic acids is 3. The molecule has 1 atom stereocenters. The lowest BCUT2D eigenvalue weighted by Gasteiger charge is -2.25. The largest absolute Gasteiger partial charge is 0.464 e. The van der Waals surface area contributed by atoms with E-state index in [9.17, 15) is 14.4 Å². The smallest absolute Gasteiger partial charge is 0.317 e. The van der Waals surface area contributed by atoms with E-state index >= 15 is 0 Å². The summed E-state index contributed by atoms with van der Waals surface area (Å²) in [4.78, 5) is 38.4. The van der Waals surface area contributed by atoms with E-state index in [1.807, 2.05) is 6.08 Å². The average Bonchev–Trinajstić information content (AvgIpc) is 3.18. The minimum atomic E-state index is -0.795. The Labute approximate surface area is 205 Å². The van der Waals surface area contributed by atoms with Gasteiger partial charge in [0, 0.05) is 26.1 Å². The quantitative estimate of drug-likeness (QED) is 0.161. The first kappa shape index (κ1) is 29.9. The zero-order valence-electron chi connectivity index (χ0n) is 21.5. The van der Waals surface area contributed by atoms with Gasteiger partial charge < -0.3 is 24.8 Å². The Morgan fingerprint density at radius 2 is 1.85 bits per heavy atom. The molecule has 0 aliphatic carbocycles. The highest BCUT2D eigenvalue weighted by Gasteiger charge is 2.28. The number of nitrogens with zero attached hydrogens (tertiary/aromatic N) is 1. The third-order valence-electron chi connectivity index (χ3n) is 5.96. The Bertz CT molecular complexity index is 635. The number of rotatable bonds is 19. The summed E-state index contributed by atoms with van der Waals surface area (Å²) in [6, 6.07) is -0.157. The minimum Gasteiger partial charge on any atom is -0.464 e. The van der Waals surface area contributed by atoms with Crippen molar-refractivity contribution in [3.63, 3.8) is 0 Å². The topological polar surface area (TPSA) is 105 Å². The molecule has 1 saturated heterocycles. The Morgan fingerprint density at radius 3 is 2.50 bits per heavy atom. The first-order valence-electron chi connectivity index (χ1n) is 13.0. The van der Waals surface area contributed by atoms with Crippen molar-refractivity contribution in [2.75, 3.05) is 32.8 Å². The molecule has 1 aliphatic rings. The molecule has 1 unspecified atom stereocenters. The van der Waals surface area contributed by atoms with Crippen LogP contribution < -0.4 is 5.32 Å². The van der Waals surface area contributed by atoms with Crippen LogP contribution in [0.3, 0.4) is 0 Å². The Kier molecular flexibility index (Phi) is 15.3. The maximum Gasteiger partial charge on any atom is 0.317 e. The number of hydrogen-bond donors (Lipinski definition) is 2. The van der Waals surface area contributed by atoms with Crippen LogP contribution in [0.25, 0.3) is 0 Å². The summed E-state index contributed by atoms with van der Waals surface area (Å²) in [5.74, 6) is -1.59. The van der Waals surface area contributed by atoms with Gasteiger partial charge in [-0.15, -0.1) is 0 Å². The number of hydrogen-bond acceptors (Lipinski definition) is 6. The lowest BCUT2D eigenvalue weighted by Crippen LogP contribution is -2.33. The van der Waals surface area contributed by atoms with Crippen LogP contribution in [0, 0.1) is 5.92 Å². The number of urea groups is 1. The van der Waals surface area contributed by atoms with Crippen molar-refractivity contribution in [3.05, 3.63) is 12.2 Å². The highest BCUT2D eigenvalue weighted by atomic mass is 16.6. The summed E-state index contributed by atoms with van der Waals surface area (Å²) < 4.78 is 10.9. The molecule has 8 nitrogen and oxygen atoms in total. The van der Waals surface area contributed by atoms with E-state index in [2.05, 4.69) is 18.3 Å². The number of aliphatic hydroxyl groups is 1. The number of esters is 2. The fraction of sp³-hybridized carbons (Fsp3) is 0.808. The highest BCUT2D eigenvalue weighted by Crippen LogP contribution is 2.19. The van der Waals surface area contributed by atoms with Crippen molar-refractivity contribution < 1.29 is 29.0 Å². The van der Waals surface area contributed by atoms with Crippen molar-refractivity contribution in [3.8, 4) is 0 Å². The van der Waals surface area contributed by atoms with Gasteiger partial charge >= 0.3 is 18.0 Å². The van der Waals surface area contributed by atoms with E-state index in [1.165, 1.54) is 38.5 Å². The molecular weight excluding hydrogens is 436 g/mol. The summed E-state index contributed by atoms with van der Waals surface area (Å²) in [7, 11) is 0. The predicted molar refractivity (Wildman–Crippen MR) is 132 cm³/mol. The van der Waals surface area contributed by atoms with E-state index in [0.29, 0.717) is 32.5 Å². The second-order valence-electron chi connectivity index (χ2n) is 9.61. The second kappa shape index (κ2) is 17.4. The molecule has 2 amide bonds. The minimum absolute atomic E-state index is 0.0837. The number of nitrogens with one attached hydrogen (secondary N) is 1. The SMILES string of the molecule is CCCCCCCCC/C=C/CC(CC(=O)OC(C)(C)CCO)C(=O)OCCN1CCNC1=O. The van der Waals surface area contributed by atoms with Gasteiger partial charge in [-0.2, -0.15) is 0 Å². The van der Waals surface area contributed by atoms with Gasteiger partial charge in [-0.3, -0.25) is 9.59 Å². The average molecular weight is 483 g/mol. The molecular formula is C26H46N2O6. The third-order valence-corrected chi connectivity index (χ3v) is 5.96. The molecule has 1 heterocycles. The lowest BCUT2D eigenvalue weighted by atomic mass is 10.00. The van der Waals surface area contributed by atoms with Crippen LogP contribution in [0.1, 0.15) is 91.4 Å². The number of aliphatic hydroxyl groups excluding tert-OH is 1. The molecule has 34 heavy (non-hydrogen) atoms. The van der Waals surface area contributed by atoms with Crippen molar-refractivity contribution in [1.82, 2.24) is 10.2 Å². The van der Waals surface area contributed by atoms with E-state index in [1.54, 1.807) is 18.7 Å². The van der Waals surface area contributed by atoms with E-state index in [-0.39, 0.29) is 25.7 Å². The maximum atomic E-state index is 12.7. The number of carbonyl (C=O) groups is 3. The Balaban J connectivity index is 2.49. The monoisotopic (exact) mass is 482 g/mol. The fourth-order valence-electron chi connectivity index (χ4n) is 3.83. The maximum absolute atomic E-state index is 12.7. The van der Waals surface area contributed by atoms with E-state index < -0.39 is 23.5 Å². The van der Waals surface area contributed by atoms with Crippen LogP contribution in [0.2, 0.25) is 0 Å². The molecule has 0 radical (unpaired) electrons. The van der Waals surface area contributed by atoms with Gasteiger partial charge in [0.2, 0.25) is 0 Å². The standard InChI is InChI=1S/C26H46N2O6/c1-4-5-6-7-8-9-10-11-12-13-14-22(21-23(30)34-26(2,3)15-19-29)24(31)33-20-18-28-17-16-27-25(28)32/h12-13,22,29H,4-11,14-21H2,1-3H3,(H,27,32)/b13-12+. The molecule has 0 aromatic carbocycles. The first-order chi connectivity index (χ1) is 16.3. The summed E-state index contributed by atoms with van der Waals surface area (Å²) in [6.07, 6.45) is 14.4. The molecule has 0 saturated carbocycles. The highest BCUT2D eigenvalue weighted by molar-refractivity contribution is 5.80. The van der Waals surface area contributed by atoms with Gasteiger partial charge in [-0.05, 0) is 33.1 Å². The summed E-state index contributed by atoms with van der Waals surface area (Å²) in [5.41, 5.74) is -0.795. The van der Waals surface area contributed by atoms with Gasteiger partial charge in [0.25, 0.3) is 0 Å². The third kappa shape index (κ3) is 13.6. The predicted octanol–water partition coefficient (Wildman–Crippen LogP) is 4.35. The zero-order chi connectivity index (χ0) is 25.2. The van der Waals surface area contributed by atoms with E-state index in [0.717, 1.165) is 12.8 Å². The molecule has 1 fully saturated rings. The molecule has 0 aromatic heterocycles. The Hall–Kier alpha value is -2.09. The van der Waals surface area contributed by atoms with Crippen molar-refractivity contribution in [2.45, 2.75) is 97.0 Å². The van der Waals surface area contributed by atoms with Crippen LogP contribution in [0.5, 0.6) is 0 Å². The molecule has 1 aliphatic heterocycles. The van der Waals surface area contributed by atoms with Crippen LogP contribution in [0.15, 0.2) is 12.2 Å². The van der Waals surface area contributed by atoms with Crippen LogP contribution in [-0.2, 0) is 19.1 Å². The van der Waals surface area contributed by atoms with Gasteiger partial charge in [0.05, 0.1) is 18.9 Å². The van der Waals surface area contributed by atoms with Gasteiger partial charge in [0.1, 0.15) is 12.2 Å². The Morgan fingerprint density at radius 1 is 1.15 bits per heavy atom. The molecule has 2 N–H and O–H groups in total. The fourth-order valence-corrected chi connectivity index (χ4v) is 3.83. The normalized spacial score (nSPS) is 14.9. The molecule has 1 rings (SSSR count). The number of unbranched alkanes of at least 4 members (excludes halogenated alkanes) is 7. The van der Waals surface area contributed by atoms with Gasteiger partial charge in [0.15, 0.2) is 0 Å². The summed E-state index contributed by atoms with van der Waals surface area (Å²) in [5, 5.41) is 11.9. The molecule has 0 spiro atoms. The summed E-state index contributed by atoms with van der Waals surface area (Å²) >= 11 is 0. The molecule has 0 aromatic rings. The number of amides is 2. The van der Waals surface area contributed by atoms with Crippen LogP contribution >= 0.6 is 0 Å². The zero-order valence-corrected chi connectivity index (χ0v) is 21.5. The van der Waals surface area contributed by atoms with Crippen molar-refractivity contribution in [1.29, 1.82) is 0 Å².